The standard InChI is InChI=1S/C36H34FNO3/c1-40-35-21-13-27(14-22-35)9-15-31-19-20-34(37)24-33(31)18-12-29(23-28-5-7-30(25-38)8-6-28)4-3-26-10-16-32(17-11-26)36(39)41-2/h5-8,10-14,16-22,24,29H,3-4,9,15,23H2,1-2H3/b18-12-. The fraction of sp³-hybridized carbons (Fsp3) is 0.222. The zero-order chi connectivity index (χ0) is 29.0. The smallest absolute Gasteiger partial charge is 0.337 e. The molecule has 0 heterocycles. The summed E-state index contributed by atoms with van der Waals surface area (Å²) >= 11 is 0. The number of allylic oxidation sites excluding steroid dienone is 1. The van der Waals surface area contributed by atoms with E-state index in [0.717, 1.165) is 60.1 Å². The lowest BCUT2D eigenvalue weighted by Crippen LogP contribution is -2.05. The van der Waals surface area contributed by atoms with Gasteiger partial charge in [-0.2, -0.15) is 5.26 Å². The minimum Gasteiger partial charge on any atom is -0.497 e. The molecule has 1 unspecified atom stereocenters. The van der Waals surface area contributed by atoms with Gasteiger partial charge in [-0.1, -0.05) is 54.6 Å². The Morgan fingerprint density at radius 2 is 1.51 bits per heavy atom. The van der Waals surface area contributed by atoms with E-state index in [9.17, 15) is 9.18 Å². The van der Waals surface area contributed by atoms with Crippen LogP contribution in [0.25, 0.3) is 6.08 Å². The molecule has 1 atom stereocenters. The molecule has 0 N–H and O–H groups in total. The average molecular weight is 548 g/mol. The number of hydrogen-bond donors (Lipinski definition) is 0. The Hall–Kier alpha value is -4.69. The summed E-state index contributed by atoms with van der Waals surface area (Å²) in [6, 6.07) is 30.3. The van der Waals surface area contributed by atoms with E-state index in [2.05, 4.69) is 24.3 Å². The molecule has 0 fully saturated rings. The summed E-state index contributed by atoms with van der Waals surface area (Å²) in [5, 5.41) is 9.16. The summed E-state index contributed by atoms with van der Waals surface area (Å²) in [6.07, 6.45) is 8.32. The van der Waals surface area contributed by atoms with Crippen molar-refractivity contribution in [3.63, 3.8) is 0 Å². The van der Waals surface area contributed by atoms with Gasteiger partial charge in [0, 0.05) is 0 Å². The van der Waals surface area contributed by atoms with Gasteiger partial charge in [0.15, 0.2) is 0 Å². The second-order valence-electron chi connectivity index (χ2n) is 10.1. The highest BCUT2D eigenvalue weighted by atomic mass is 19.1. The number of benzene rings is 4. The van der Waals surface area contributed by atoms with Crippen molar-refractivity contribution < 1.29 is 18.7 Å². The largest absolute Gasteiger partial charge is 0.497 e. The lowest BCUT2D eigenvalue weighted by Gasteiger charge is -2.15. The first-order valence-corrected chi connectivity index (χ1v) is 13.7. The normalized spacial score (nSPS) is 11.7. The molecule has 4 nitrogen and oxygen atoms in total. The van der Waals surface area contributed by atoms with Crippen LogP contribution < -0.4 is 4.74 Å². The van der Waals surface area contributed by atoms with Gasteiger partial charge < -0.3 is 9.47 Å². The topological polar surface area (TPSA) is 59.3 Å². The Morgan fingerprint density at radius 3 is 2.17 bits per heavy atom. The van der Waals surface area contributed by atoms with Crippen LogP contribution in [0.15, 0.2) is 97.1 Å². The van der Waals surface area contributed by atoms with E-state index >= 15 is 0 Å². The molecule has 208 valence electrons. The van der Waals surface area contributed by atoms with Gasteiger partial charge >= 0.3 is 5.97 Å². The van der Waals surface area contributed by atoms with Crippen molar-refractivity contribution in [3.05, 3.63) is 142 Å². The van der Waals surface area contributed by atoms with Crippen LogP contribution >= 0.6 is 0 Å². The first-order chi connectivity index (χ1) is 20.0. The molecule has 4 aromatic carbocycles. The molecule has 0 aromatic heterocycles. The molecular weight excluding hydrogens is 513 g/mol. The number of hydrogen-bond acceptors (Lipinski definition) is 4. The Kier molecular flexibility index (Phi) is 10.5. The Bertz CT molecular complexity index is 1500. The fourth-order valence-corrected chi connectivity index (χ4v) is 4.82. The van der Waals surface area contributed by atoms with Gasteiger partial charge in [-0.25, -0.2) is 9.18 Å². The third-order valence-electron chi connectivity index (χ3n) is 7.26. The van der Waals surface area contributed by atoms with Gasteiger partial charge in [-0.15, -0.1) is 0 Å². The second-order valence-corrected chi connectivity index (χ2v) is 10.1. The van der Waals surface area contributed by atoms with Crippen LogP contribution in [0.2, 0.25) is 0 Å². The first kappa shape index (κ1) is 29.3. The van der Waals surface area contributed by atoms with Crippen molar-refractivity contribution in [3.8, 4) is 11.8 Å². The highest BCUT2D eigenvalue weighted by Gasteiger charge is 2.11. The van der Waals surface area contributed by atoms with E-state index in [1.807, 2.05) is 60.7 Å². The summed E-state index contributed by atoms with van der Waals surface area (Å²) in [4.78, 5) is 11.8. The number of rotatable bonds is 12. The van der Waals surface area contributed by atoms with Crippen LogP contribution in [0.4, 0.5) is 4.39 Å². The predicted molar refractivity (Wildman–Crippen MR) is 160 cm³/mol. The number of nitriles is 1. The molecule has 0 saturated carbocycles. The van der Waals surface area contributed by atoms with E-state index in [0.29, 0.717) is 11.1 Å². The number of carbonyl (C=O) groups is 1. The van der Waals surface area contributed by atoms with Gasteiger partial charge in [-0.3, -0.25) is 0 Å². The second kappa shape index (κ2) is 14.6. The number of nitrogens with zero attached hydrogens (tertiary/aromatic N) is 1. The molecule has 0 amide bonds. The van der Waals surface area contributed by atoms with Crippen molar-refractivity contribution in [2.24, 2.45) is 5.92 Å². The summed E-state index contributed by atoms with van der Waals surface area (Å²) in [7, 11) is 3.03. The van der Waals surface area contributed by atoms with Crippen molar-refractivity contribution in [1.29, 1.82) is 5.26 Å². The van der Waals surface area contributed by atoms with Gasteiger partial charge in [0.25, 0.3) is 0 Å². The zero-order valence-electron chi connectivity index (χ0n) is 23.5. The van der Waals surface area contributed by atoms with Gasteiger partial charge in [0.05, 0.1) is 31.4 Å². The van der Waals surface area contributed by atoms with E-state index < -0.39 is 0 Å². The maximum atomic E-state index is 14.3. The maximum Gasteiger partial charge on any atom is 0.337 e. The lowest BCUT2D eigenvalue weighted by atomic mass is 9.90. The monoisotopic (exact) mass is 547 g/mol. The third-order valence-corrected chi connectivity index (χ3v) is 7.26. The number of methoxy groups -OCH3 is 2. The molecule has 41 heavy (non-hydrogen) atoms. The minimum absolute atomic E-state index is 0.181. The summed E-state index contributed by atoms with van der Waals surface area (Å²) < 4.78 is 24.4. The molecule has 0 saturated heterocycles. The molecule has 4 aromatic rings. The van der Waals surface area contributed by atoms with Crippen molar-refractivity contribution in [2.75, 3.05) is 14.2 Å². The Morgan fingerprint density at radius 1 is 0.854 bits per heavy atom. The SMILES string of the molecule is COC(=O)c1ccc(CCC(/C=C\c2cc(F)ccc2CCc2ccc(OC)cc2)Cc2ccc(C#N)cc2)cc1. The number of halogens is 1. The van der Waals surface area contributed by atoms with Gasteiger partial charge in [-0.05, 0) is 114 Å². The molecule has 0 aliphatic rings. The first-order valence-electron chi connectivity index (χ1n) is 13.7. The summed E-state index contributed by atoms with van der Waals surface area (Å²) in [5.41, 5.74) is 6.59. The fourth-order valence-electron chi connectivity index (χ4n) is 4.82. The average Bonchev–Trinajstić information content (AvgIpc) is 3.02. The number of esters is 1. The van der Waals surface area contributed by atoms with Crippen molar-refractivity contribution in [1.82, 2.24) is 0 Å². The number of carbonyl (C=O) groups excluding carboxylic acids is 1. The predicted octanol–water partition coefficient (Wildman–Crippen LogP) is 7.78. The quantitative estimate of drug-likeness (QED) is 0.170. The molecule has 0 aliphatic carbocycles. The van der Waals surface area contributed by atoms with Crippen LogP contribution in [-0.2, 0) is 30.4 Å². The molecule has 4 rings (SSSR count). The highest BCUT2D eigenvalue weighted by molar-refractivity contribution is 5.89. The summed E-state index contributed by atoms with van der Waals surface area (Å²) in [6.45, 7) is 0. The van der Waals surface area contributed by atoms with Crippen LogP contribution in [0, 0.1) is 23.1 Å². The number of ether oxygens (including phenoxy) is 2. The lowest BCUT2D eigenvalue weighted by molar-refractivity contribution is 0.0600. The Labute approximate surface area is 241 Å². The summed E-state index contributed by atoms with van der Waals surface area (Å²) in [5.74, 6) is 0.399. The molecular formula is C36H34FNO3. The van der Waals surface area contributed by atoms with Crippen molar-refractivity contribution in [2.45, 2.75) is 32.1 Å². The zero-order valence-corrected chi connectivity index (χ0v) is 23.5. The third kappa shape index (κ3) is 8.65. The highest BCUT2D eigenvalue weighted by Crippen LogP contribution is 2.22. The number of aryl methyl sites for hydroxylation is 3. The van der Waals surface area contributed by atoms with E-state index in [4.69, 9.17) is 14.7 Å². The van der Waals surface area contributed by atoms with E-state index in [-0.39, 0.29) is 17.7 Å². The van der Waals surface area contributed by atoms with Gasteiger partial charge in [0.1, 0.15) is 11.6 Å². The molecule has 0 radical (unpaired) electrons. The molecule has 5 heteroatoms. The van der Waals surface area contributed by atoms with Crippen LogP contribution in [0.1, 0.15) is 50.2 Å². The molecule has 0 aliphatic heterocycles. The molecule has 0 spiro atoms. The minimum atomic E-state index is -0.351. The Balaban J connectivity index is 1.51. The van der Waals surface area contributed by atoms with Crippen LogP contribution in [0.3, 0.4) is 0 Å². The van der Waals surface area contributed by atoms with E-state index in [1.54, 1.807) is 25.3 Å². The van der Waals surface area contributed by atoms with E-state index in [1.165, 1.54) is 18.7 Å². The van der Waals surface area contributed by atoms with Gasteiger partial charge in [0.2, 0.25) is 0 Å². The maximum absolute atomic E-state index is 14.3. The van der Waals surface area contributed by atoms with Crippen LogP contribution in [-0.4, -0.2) is 20.2 Å². The molecule has 0 bridgehead atoms. The van der Waals surface area contributed by atoms with Crippen molar-refractivity contribution >= 4 is 12.0 Å². The van der Waals surface area contributed by atoms with Crippen LogP contribution in [0.5, 0.6) is 5.75 Å².